The zero-order valence-electron chi connectivity index (χ0n) is 23.8. The molecule has 0 bridgehead atoms. The average molecular weight is 559 g/mol. The van der Waals surface area contributed by atoms with E-state index in [-0.39, 0.29) is 0 Å². The van der Waals surface area contributed by atoms with Crippen LogP contribution in [0.5, 0.6) is 11.5 Å². The number of unbranched alkanes of at least 4 members (excludes halogenated alkanes) is 4. The summed E-state index contributed by atoms with van der Waals surface area (Å²) in [5.41, 5.74) is 0.515. The summed E-state index contributed by atoms with van der Waals surface area (Å²) in [6.07, 6.45) is 5.49. The number of aromatic nitrogens is 2. The van der Waals surface area contributed by atoms with Crippen molar-refractivity contribution in [3.05, 3.63) is 53.3 Å². The lowest BCUT2D eigenvalue weighted by molar-refractivity contribution is -0.137. The Labute approximate surface area is 235 Å². The van der Waals surface area contributed by atoms with E-state index in [9.17, 15) is 13.2 Å². The first-order chi connectivity index (χ1) is 19.2. The Morgan fingerprint density at radius 3 is 2.45 bits per heavy atom. The highest BCUT2D eigenvalue weighted by Gasteiger charge is 2.30. The summed E-state index contributed by atoms with van der Waals surface area (Å²) in [5.74, 6) is 2.26. The molecule has 40 heavy (non-hydrogen) atoms. The van der Waals surface area contributed by atoms with Gasteiger partial charge in [-0.1, -0.05) is 37.8 Å². The number of hydrogen-bond donors (Lipinski definition) is 1. The molecular formula is C31H41F3N4O2. The molecule has 1 aliphatic rings. The molecule has 0 aliphatic carbocycles. The molecule has 1 unspecified atom stereocenters. The number of nitrogens with zero attached hydrogens (tertiary/aromatic N) is 3. The van der Waals surface area contributed by atoms with Gasteiger partial charge in [-0.15, -0.1) is 0 Å². The Morgan fingerprint density at radius 2 is 1.70 bits per heavy atom. The van der Waals surface area contributed by atoms with Gasteiger partial charge in [-0.25, -0.2) is 9.97 Å². The van der Waals surface area contributed by atoms with E-state index in [0.717, 1.165) is 25.0 Å². The lowest BCUT2D eigenvalue weighted by atomic mass is 10.0. The number of anilines is 1. The number of halogens is 3. The third-order valence-electron chi connectivity index (χ3n) is 7.49. The number of nitrogens with one attached hydrogen (secondary N) is 1. The molecular weight excluding hydrogens is 517 g/mol. The average Bonchev–Trinajstić information content (AvgIpc) is 2.94. The number of methoxy groups -OCH3 is 1. The van der Waals surface area contributed by atoms with Gasteiger partial charge in [0, 0.05) is 17.5 Å². The van der Waals surface area contributed by atoms with Gasteiger partial charge in [0.05, 0.1) is 24.8 Å². The van der Waals surface area contributed by atoms with Crippen LogP contribution in [0.4, 0.5) is 19.0 Å². The van der Waals surface area contributed by atoms with Crippen LogP contribution in [0.2, 0.25) is 0 Å². The van der Waals surface area contributed by atoms with Crippen molar-refractivity contribution in [2.45, 2.75) is 77.4 Å². The first kappa shape index (κ1) is 29.9. The number of alkyl halides is 3. The molecule has 2 aromatic carbocycles. The van der Waals surface area contributed by atoms with Gasteiger partial charge in [0.2, 0.25) is 0 Å². The van der Waals surface area contributed by atoms with Gasteiger partial charge in [-0.05, 0) is 82.9 Å². The van der Waals surface area contributed by atoms with E-state index in [4.69, 9.17) is 9.47 Å². The quantitative estimate of drug-likeness (QED) is 0.215. The zero-order valence-corrected chi connectivity index (χ0v) is 23.8. The monoisotopic (exact) mass is 558 g/mol. The van der Waals surface area contributed by atoms with Gasteiger partial charge < -0.3 is 19.7 Å². The molecule has 218 valence electrons. The maximum atomic E-state index is 13.2. The van der Waals surface area contributed by atoms with E-state index in [1.54, 1.807) is 27.0 Å². The summed E-state index contributed by atoms with van der Waals surface area (Å²) in [4.78, 5) is 11.7. The van der Waals surface area contributed by atoms with Crippen molar-refractivity contribution >= 4 is 16.7 Å². The second-order valence-corrected chi connectivity index (χ2v) is 10.6. The summed E-state index contributed by atoms with van der Waals surface area (Å²) < 4.78 is 51.4. The smallest absolute Gasteiger partial charge is 0.416 e. The van der Waals surface area contributed by atoms with Crippen molar-refractivity contribution in [2.75, 3.05) is 38.7 Å². The van der Waals surface area contributed by atoms with Crippen molar-refractivity contribution in [1.29, 1.82) is 0 Å². The fraction of sp³-hybridized carbons (Fsp3) is 0.548. The fourth-order valence-electron chi connectivity index (χ4n) is 5.24. The normalized spacial score (nSPS) is 15.2. The van der Waals surface area contributed by atoms with Gasteiger partial charge in [0.25, 0.3) is 0 Å². The van der Waals surface area contributed by atoms with Crippen molar-refractivity contribution in [3.63, 3.8) is 0 Å². The van der Waals surface area contributed by atoms with E-state index in [1.807, 2.05) is 12.1 Å². The van der Waals surface area contributed by atoms with Gasteiger partial charge >= 0.3 is 6.18 Å². The highest BCUT2D eigenvalue weighted by atomic mass is 19.4. The molecule has 1 aromatic heterocycles. The van der Waals surface area contributed by atoms with E-state index in [1.165, 1.54) is 64.2 Å². The topological polar surface area (TPSA) is 59.5 Å². The lowest BCUT2D eigenvalue weighted by Crippen LogP contribution is -2.30. The van der Waals surface area contributed by atoms with Crippen molar-refractivity contribution in [2.24, 2.45) is 0 Å². The minimum absolute atomic E-state index is 0.415. The number of fused-ring (bicyclic) bond motifs is 1. The molecule has 2 heterocycles. The Hall–Kier alpha value is -3.07. The van der Waals surface area contributed by atoms with Crippen LogP contribution in [0, 0.1) is 6.92 Å². The number of likely N-dealkylation sites (tertiary alicyclic amines) is 1. The number of piperidine rings is 1. The minimum atomic E-state index is -4.40. The summed E-state index contributed by atoms with van der Waals surface area (Å²) in [7, 11) is 1.59. The number of rotatable bonds is 13. The molecule has 0 saturated carbocycles. The first-order valence-electron chi connectivity index (χ1n) is 14.4. The zero-order chi connectivity index (χ0) is 28.5. The fourth-order valence-corrected chi connectivity index (χ4v) is 5.24. The van der Waals surface area contributed by atoms with Crippen LogP contribution in [0.15, 0.2) is 36.4 Å². The highest BCUT2D eigenvalue weighted by Crippen LogP contribution is 2.36. The molecule has 0 spiro atoms. The van der Waals surface area contributed by atoms with E-state index < -0.39 is 17.8 Å². The van der Waals surface area contributed by atoms with Crippen LogP contribution >= 0.6 is 0 Å². The van der Waals surface area contributed by atoms with Crippen LogP contribution in [0.1, 0.15) is 81.3 Å². The SMILES string of the molecule is COc1cc2c(NC(C)c3cccc(C(F)(F)F)c3)nc(C)nc2cc1OCCCCCCCN1CCCCC1. The molecule has 6 nitrogen and oxygen atoms in total. The summed E-state index contributed by atoms with van der Waals surface area (Å²) >= 11 is 0. The largest absolute Gasteiger partial charge is 0.493 e. The van der Waals surface area contributed by atoms with Crippen molar-refractivity contribution in [3.8, 4) is 11.5 Å². The van der Waals surface area contributed by atoms with Gasteiger partial charge in [0.15, 0.2) is 11.5 Å². The lowest BCUT2D eigenvalue weighted by Gasteiger charge is -2.26. The van der Waals surface area contributed by atoms with E-state index >= 15 is 0 Å². The van der Waals surface area contributed by atoms with Gasteiger partial charge in [-0.2, -0.15) is 13.2 Å². The second-order valence-electron chi connectivity index (χ2n) is 10.6. The summed E-state index contributed by atoms with van der Waals surface area (Å²) in [6, 6.07) is 8.58. The molecule has 1 atom stereocenters. The minimum Gasteiger partial charge on any atom is -0.493 e. The number of aryl methyl sites for hydroxylation is 1. The number of ether oxygens (including phenoxy) is 2. The maximum Gasteiger partial charge on any atom is 0.416 e. The van der Waals surface area contributed by atoms with Crippen LogP contribution in [0.3, 0.4) is 0 Å². The third kappa shape index (κ3) is 8.22. The van der Waals surface area contributed by atoms with E-state index in [2.05, 4.69) is 20.2 Å². The summed E-state index contributed by atoms with van der Waals surface area (Å²) in [5, 5.41) is 3.98. The molecule has 1 fully saturated rings. The Morgan fingerprint density at radius 1 is 0.950 bits per heavy atom. The third-order valence-corrected chi connectivity index (χ3v) is 7.49. The predicted octanol–water partition coefficient (Wildman–Crippen LogP) is 7.95. The second kappa shape index (κ2) is 14.0. The van der Waals surface area contributed by atoms with Gasteiger partial charge in [0.1, 0.15) is 11.6 Å². The number of hydrogen-bond acceptors (Lipinski definition) is 6. The Bertz CT molecular complexity index is 1250. The Balaban J connectivity index is 1.35. The molecule has 1 saturated heterocycles. The molecule has 3 aromatic rings. The van der Waals surface area contributed by atoms with Crippen LogP contribution in [0.25, 0.3) is 10.9 Å². The van der Waals surface area contributed by atoms with E-state index in [0.29, 0.717) is 46.2 Å². The maximum absolute atomic E-state index is 13.2. The van der Waals surface area contributed by atoms with Crippen molar-refractivity contribution in [1.82, 2.24) is 14.9 Å². The number of benzene rings is 2. The van der Waals surface area contributed by atoms with Crippen LogP contribution in [-0.4, -0.2) is 48.2 Å². The van der Waals surface area contributed by atoms with Crippen LogP contribution in [-0.2, 0) is 6.18 Å². The van der Waals surface area contributed by atoms with Crippen molar-refractivity contribution < 1.29 is 22.6 Å². The van der Waals surface area contributed by atoms with Gasteiger partial charge in [-0.3, -0.25) is 0 Å². The first-order valence-corrected chi connectivity index (χ1v) is 14.4. The molecule has 9 heteroatoms. The predicted molar refractivity (Wildman–Crippen MR) is 153 cm³/mol. The van der Waals surface area contributed by atoms with Crippen LogP contribution < -0.4 is 14.8 Å². The highest BCUT2D eigenvalue weighted by molar-refractivity contribution is 5.92. The molecule has 1 N–H and O–H groups in total. The summed E-state index contributed by atoms with van der Waals surface area (Å²) in [6.45, 7) is 7.94. The molecule has 0 radical (unpaired) electrons. The Kier molecular flexibility index (Phi) is 10.5. The molecule has 4 rings (SSSR count). The standard InChI is InChI=1S/C31H41F3N4O2/c1-22(24-13-12-14-25(19-24)31(32,33)34)35-30-26-20-28(39-3)29(21-27(26)36-23(2)37-30)40-18-11-6-4-5-8-15-38-16-9-7-10-17-38/h12-14,19-22H,4-11,15-18H2,1-3H3,(H,35,36,37). The molecule has 0 amide bonds. The molecule has 1 aliphatic heterocycles.